The Bertz CT molecular complexity index is 892. The van der Waals surface area contributed by atoms with Gasteiger partial charge in [-0.15, -0.1) is 0 Å². The fraction of sp³-hybridized carbons (Fsp3) is 0.400. The van der Waals surface area contributed by atoms with Gasteiger partial charge in [-0.1, -0.05) is 18.2 Å². The molecule has 1 aliphatic rings. The summed E-state index contributed by atoms with van der Waals surface area (Å²) in [5.74, 6) is 1.10. The van der Waals surface area contributed by atoms with Gasteiger partial charge in [-0.05, 0) is 25.5 Å². The van der Waals surface area contributed by atoms with Gasteiger partial charge in [-0.25, -0.2) is 4.98 Å². The maximum Gasteiger partial charge on any atom is 0.132 e. The highest BCUT2D eigenvalue weighted by atomic mass is 16.5. The molecule has 0 spiro atoms. The minimum atomic E-state index is -0.0337. The van der Waals surface area contributed by atoms with Crippen molar-refractivity contribution in [2.24, 2.45) is 5.92 Å². The summed E-state index contributed by atoms with van der Waals surface area (Å²) in [5, 5.41) is 18.6. The Morgan fingerprint density at radius 2 is 2.23 bits per heavy atom. The van der Waals surface area contributed by atoms with Gasteiger partial charge in [-0.3, -0.25) is 4.68 Å². The van der Waals surface area contributed by atoms with E-state index in [1.165, 1.54) is 0 Å². The molecule has 2 N–H and O–H groups in total. The zero-order chi connectivity index (χ0) is 17.9. The number of ether oxygens (including phenoxy) is 1. The number of aliphatic hydroxyl groups is 1. The van der Waals surface area contributed by atoms with Crippen molar-refractivity contribution in [3.05, 3.63) is 53.9 Å². The first-order chi connectivity index (χ1) is 12.8. The molecule has 2 atom stereocenters. The number of para-hydroxylation sites is 1. The van der Waals surface area contributed by atoms with Crippen LogP contribution in [0.1, 0.15) is 30.6 Å². The third-order valence-electron chi connectivity index (χ3n) is 5.02. The lowest BCUT2D eigenvalue weighted by Gasteiger charge is -2.19. The van der Waals surface area contributed by atoms with E-state index in [0.29, 0.717) is 5.92 Å². The van der Waals surface area contributed by atoms with Crippen LogP contribution in [-0.2, 0) is 17.9 Å². The molecule has 136 valence electrons. The molecule has 0 saturated carbocycles. The van der Waals surface area contributed by atoms with Crippen LogP contribution < -0.4 is 5.32 Å². The van der Waals surface area contributed by atoms with Crippen molar-refractivity contribution in [2.45, 2.75) is 32.6 Å². The predicted molar refractivity (Wildman–Crippen MR) is 101 cm³/mol. The Hall–Kier alpha value is -2.44. The molecule has 0 aliphatic carbocycles. The van der Waals surface area contributed by atoms with E-state index in [9.17, 15) is 5.11 Å². The molecule has 1 aromatic carbocycles. The van der Waals surface area contributed by atoms with Gasteiger partial charge in [0.05, 0.1) is 24.4 Å². The average Bonchev–Trinajstić information content (AvgIpc) is 3.34. The Kier molecular flexibility index (Phi) is 4.86. The summed E-state index contributed by atoms with van der Waals surface area (Å²) in [5.41, 5.74) is 2.87. The van der Waals surface area contributed by atoms with Gasteiger partial charge in [0.15, 0.2) is 0 Å². The van der Waals surface area contributed by atoms with Crippen LogP contribution in [0.3, 0.4) is 0 Å². The second-order valence-corrected chi connectivity index (χ2v) is 6.70. The van der Waals surface area contributed by atoms with Crippen LogP contribution >= 0.6 is 0 Å². The molecule has 1 fully saturated rings. The Balaban J connectivity index is 1.51. The van der Waals surface area contributed by atoms with Crippen LogP contribution in [0.2, 0.25) is 0 Å². The molecule has 3 heterocycles. The number of hydrogen-bond donors (Lipinski definition) is 2. The van der Waals surface area contributed by atoms with Gasteiger partial charge in [0.1, 0.15) is 5.82 Å². The van der Waals surface area contributed by atoms with Crippen molar-refractivity contribution >= 4 is 16.7 Å². The van der Waals surface area contributed by atoms with Crippen molar-refractivity contribution in [1.29, 1.82) is 0 Å². The first kappa shape index (κ1) is 17.0. The number of aryl methyl sites for hydroxylation is 1. The molecule has 1 aliphatic heterocycles. The van der Waals surface area contributed by atoms with Crippen molar-refractivity contribution in [2.75, 3.05) is 18.5 Å². The summed E-state index contributed by atoms with van der Waals surface area (Å²) in [6.07, 6.45) is 5.02. The van der Waals surface area contributed by atoms with E-state index in [4.69, 9.17) is 9.72 Å². The molecular weight excluding hydrogens is 328 g/mol. The topological polar surface area (TPSA) is 72.2 Å². The number of aromatic nitrogens is 3. The fourth-order valence-electron chi connectivity index (χ4n) is 3.57. The number of pyridine rings is 1. The van der Waals surface area contributed by atoms with Gasteiger partial charge in [0.2, 0.25) is 0 Å². The normalized spacial score (nSPS) is 19.9. The zero-order valence-corrected chi connectivity index (χ0v) is 14.9. The summed E-state index contributed by atoms with van der Waals surface area (Å²) >= 11 is 0. The van der Waals surface area contributed by atoms with Gasteiger partial charge in [0.25, 0.3) is 0 Å². The highest BCUT2D eigenvalue weighted by molar-refractivity contribution is 5.81. The Labute approximate surface area is 152 Å². The standard InChI is InChI=1S/C20H24N4O2/c1-2-24-12-17(11-22-24)19-15(7-8-26-19)10-21-20-16(13-25)9-14-5-3-4-6-18(14)23-20/h3-6,9,11-12,15,19,25H,2,7-8,10,13H2,1H3,(H,21,23)/t15-,19+/m0/s1. The van der Waals surface area contributed by atoms with Crippen LogP contribution in [-0.4, -0.2) is 33.0 Å². The number of benzene rings is 1. The van der Waals surface area contributed by atoms with E-state index >= 15 is 0 Å². The van der Waals surface area contributed by atoms with Crippen molar-refractivity contribution in [3.8, 4) is 0 Å². The lowest BCUT2D eigenvalue weighted by Crippen LogP contribution is -2.19. The largest absolute Gasteiger partial charge is 0.392 e. The van der Waals surface area contributed by atoms with Crippen molar-refractivity contribution in [3.63, 3.8) is 0 Å². The molecule has 6 nitrogen and oxygen atoms in total. The summed E-state index contributed by atoms with van der Waals surface area (Å²) in [4.78, 5) is 4.69. The summed E-state index contributed by atoms with van der Waals surface area (Å²) in [6.45, 7) is 4.41. The molecule has 26 heavy (non-hydrogen) atoms. The lowest BCUT2D eigenvalue weighted by molar-refractivity contribution is 0.0932. The number of nitrogens with one attached hydrogen (secondary N) is 1. The number of nitrogens with zero attached hydrogens (tertiary/aromatic N) is 3. The second-order valence-electron chi connectivity index (χ2n) is 6.70. The molecule has 2 aromatic heterocycles. The number of aliphatic hydroxyl groups excluding tert-OH is 1. The Morgan fingerprint density at radius 1 is 1.35 bits per heavy atom. The Morgan fingerprint density at radius 3 is 3.04 bits per heavy atom. The number of rotatable bonds is 6. The molecule has 4 rings (SSSR count). The second kappa shape index (κ2) is 7.43. The van der Waals surface area contributed by atoms with Crippen molar-refractivity contribution < 1.29 is 9.84 Å². The molecule has 3 aromatic rings. The first-order valence-electron chi connectivity index (χ1n) is 9.16. The predicted octanol–water partition coefficient (Wildman–Crippen LogP) is 3.13. The third-order valence-corrected chi connectivity index (χ3v) is 5.02. The molecule has 0 unspecified atom stereocenters. The number of hydrogen-bond acceptors (Lipinski definition) is 5. The van der Waals surface area contributed by atoms with E-state index < -0.39 is 0 Å². The summed E-state index contributed by atoms with van der Waals surface area (Å²) < 4.78 is 7.89. The van der Waals surface area contributed by atoms with Gasteiger partial charge < -0.3 is 15.2 Å². The number of anilines is 1. The highest BCUT2D eigenvalue weighted by Crippen LogP contribution is 2.34. The van der Waals surface area contributed by atoms with Gasteiger partial charge >= 0.3 is 0 Å². The minimum absolute atomic E-state index is 0.0337. The molecule has 0 radical (unpaired) electrons. The fourth-order valence-corrected chi connectivity index (χ4v) is 3.57. The monoisotopic (exact) mass is 352 g/mol. The minimum Gasteiger partial charge on any atom is -0.392 e. The van der Waals surface area contributed by atoms with Crippen LogP contribution in [0.5, 0.6) is 0 Å². The average molecular weight is 352 g/mol. The van der Waals surface area contributed by atoms with Gasteiger partial charge in [0, 0.05) is 48.3 Å². The smallest absolute Gasteiger partial charge is 0.132 e. The SMILES string of the molecule is CCn1cc([C@@H]2OCC[C@H]2CNc2nc3ccccc3cc2CO)cn1. The third kappa shape index (κ3) is 3.30. The van der Waals surface area contributed by atoms with Crippen LogP contribution in [0.4, 0.5) is 5.82 Å². The molecule has 0 amide bonds. The highest BCUT2D eigenvalue weighted by Gasteiger charge is 2.30. The van der Waals surface area contributed by atoms with E-state index in [0.717, 1.165) is 54.0 Å². The molecule has 1 saturated heterocycles. The molecule has 0 bridgehead atoms. The maximum atomic E-state index is 9.71. The number of fused-ring (bicyclic) bond motifs is 1. The quantitative estimate of drug-likeness (QED) is 0.713. The molecule has 6 heteroatoms. The van der Waals surface area contributed by atoms with Gasteiger partial charge in [-0.2, -0.15) is 5.10 Å². The van der Waals surface area contributed by atoms with E-state index in [-0.39, 0.29) is 12.7 Å². The summed E-state index contributed by atoms with van der Waals surface area (Å²) in [7, 11) is 0. The maximum absolute atomic E-state index is 9.71. The van der Waals surface area contributed by atoms with Crippen LogP contribution in [0.25, 0.3) is 10.9 Å². The first-order valence-corrected chi connectivity index (χ1v) is 9.16. The van der Waals surface area contributed by atoms with Crippen LogP contribution in [0.15, 0.2) is 42.7 Å². The van der Waals surface area contributed by atoms with E-state index in [1.807, 2.05) is 41.2 Å². The molecular formula is C20H24N4O2. The van der Waals surface area contributed by atoms with E-state index in [1.54, 1.807) is 0 Å². The lowest BCUT2D eigenvalue weighted by atomic mass is 9.97. The zero-order valence-electron chi connectivity index (χ0n) is 14.9. The van der Waals surface area contributed by atoms with E-state index in [2.05, 4.69) is 23.5 Å². The van der Waals surface area contributed by atoms with Crippen LogP contribution in [0, 0.1) is 5.92 Å². The summed E-state index contributed by atoms with van der Waals surface area (Å²) in [6, 6.07) is 9.96. The van der Waals surface area contributed by atoms with Crippen molar-refractivity contribution in [1.82, 2.24) is 14.8 Å².